The molecule has 2 aromatic carbocycles. The van der Waals surface area contributed by atoms with E-state index < -0.39 is 0 Å². The Morgan fingerprint density at radius 1 is 0.931 bits per heavy atom. The second kappa shape index (κ2) is 10.5. The van der Waals surface area contributed by atoms with Crippen LogP contribution < -0.4 is 15.0 Å². The minimum absolute atomic E-state index is 0.0312. The number of ether oxygens (including phenoxy) is 2. The molecule has 1 heterocycles. The lowest BCUT2D eigenvalue weighted by atomic mass is 10.2. The molecular formula is C22H27N3O4. The number of carbonyl (C=O) groups excluding carboxylic acids is 2. The van der Waals surface area contributed by atoms with Crippen LogP contribution in [-0.2, 0) is 9.53 Å². The summed E-state index contributed by atoms with van der Waals surface area (Å²) in [6.45, 7) is 3.59. The Morgan fingerprint density at radius 2 is 1.62 bits per heavy atom. The van der Waals surface area contributed by atoms with Gasteiger partial charge in [-0.1, -0.05) is 30.3 Å². The molecule has 29 heavy (non-hydrogen) atoms. The molecule has 0 spiro atoms. The van der Waals surface area contributed by atoms with E-state index in [0.29, 0.717) is 37.6 Å². The number of benzene rings is 2. The van der Waals surface area contributed by atoms with Crippen LogP contribution in [0.1, 0.15) is 10.4 Å². The van der Waals surface area contributed by atoms with Gasteiger partial charge in [-0.3, -0.25) is 9.59 Å². The predicted molar refractivity (Wildman–Crippen MR) is 111 cm³/mol. The summed E-state index contributed by atoms with van der Waals surface area (Å²) in [4.78, 5) is 29.1. The van der Waals surface area contributed by atoms with Crippen LogP contribution in [-0.4, -0.2) is 69.8 Å². The molecule has 1 N–H and O–H groups in total. The van der Waals surface area contributed by atoms with Crippen molar-refractivity contribution in [2.45, 2.75) is 0 Å². The molecule has 0 radical (unpaired) electrons. The predicted octanol–water partition coefficient (Wildman–Crippen LogP) is 1.79. The van der Waals surface area contributed by atoms with Gasteiger partial charge in [0.05, 0.1) is 18.7 Å². The van der Waals surface area contributed by atoms with E-state index in [2.05, 4.69) is 22.3 Å². The summed E-state index contributed by atoms with van der Waals surface area (Å²) in [6.07, 6.45) is 0. The second-order valence-electron chi connectivity index (χ2n) is 6.72. The summed E-state index contributed by atoms with van der Waals surface area (Å²) >= 11 is 0. The Morgan fingerprint density at radius 3 is 2.34 bits per heavy atom. The lowest BCUT2D eigenvalue weighted by Crippen LogP contribution is -2.51. The van der Waals surface area contributed by atoms with Crippen molar-refractivity contribution in [2.75, 3.05) is 57.9 Å². The fraction of sp³-hybridized carbons (Fsp3) is 0.364. The molecule has 3 rings (SSSR count). The van der Waals surface area contributed by atoms with E-state index >= 15 is 0 Å². The van der Waals surface area contributed by atoms with Crippen molar-refractivity contribution >= 4 is 17.5 Å². The summed E-state index contributed by atoms with van der Waals surface area (Å²) in [5, 5.41) is 2.71. The van der Waals surface area contributed by atoms with Crippen molar-refractivity contribution in [3.63, 3.8) is 0 Å². The summed E-state index contributed by atoms with van der Waals surface area (Å²) in [7, 11) is 1.59. The summed E-state index contributed by atoms with van der Waals surface area (Å²) in [5.74, 6) is 0.0732. The topological polar surface area (TPSA) is 71.1 Å². The van der Waals surface area contributed by atoms with E-state index in [1.54, 1.807) is 36.3 Å². The molecule has 2 aromatic rings. The highest BCUT2D eigenvalue weighted by molar-refractivity contribution is 5.98. The molecule has 1 saturated heterocycles. The van der Waals surface area contributed by atoms with Gasteiger partial charge >= 0.3 is 0 Å². The highest BCUT2D eigenvalue weighted by Gasteiger charge is 2.22. The van der Waals surface area contributed by atoms with Gasteiger partial charge in [-0.15, -0.1) is 0 Å². The molecule has 1 aliphatic rings. The van der Waals surface area contributed by atoms with Crippen LogP contribution in [0, 0.1) is 0 Å². The van der Waals surface area contributed by atoms with Crippen LogP contribution >= 0.6 is 0 Å². The van der Waals surface area contributed by atoms with Gasteiger partial charge in [-0.25, -0.2) is 0 Å². The second-order valence-corrected chi connectivity index (χ2v) is 6.72. The minimum atomic E-state index is -0.325. The number of anilines is 1. The monoisotopic (exact) mass is 397 g/mol. The highest BCUT2D eigenvalue weighted by Crippen LogP contribution is 2.18. The quantitative estimate of drug-likeness (QED) is 0.688. The fourth-order valence-corrected chi connectivity index (χ4v) is 3.23. The first-order valence-corrected chi connectivity index (χ1v) is 9.76. The van der Waals surface area contributed by atoms with Gasteiger partial charge in [-0.2, -0.15) is 0 Å². The molecule has 1 aliphatic heterocycles. The van der Waals surface area contributed by atoms with Gasteiger partial charge in [0, 0.05) is 39.0 Å². The number of rotatable bonds is 8. The number of amides is 2. The van der Waals surface area contributed by atoms with E-state index in [1.807, 2.05) is 18.2 Å². The standard InChI is InChI=1S/C22H27N3O4/c1-28-15-16-29-20-10-6-5-9-19(20)22(27)23-17-21(26)25-13-11-24(12-14-25)18-7-3-2-4-8-18/h2-10H,11-17H2,1H3,(H,23,27). The molecule has 0 aliphatic carbocycles. The van der Waals surface area contributed by atoms with Gasteiger partial charge in [0.25, 0.3) is 5.91 Å². The third-order valence-electron chi connectivity index (χ3n) is 4.83. The maximum absolute atomic E-state index is 12.5. The third kappa shape index (κ3) is 5.71. The Bertz CT molecular complexity index is 805. The maximum atomic E-state index is 12.5. The molecule has 2 amide bonds. The third-order valence-corrected chi connectivity index (χ3v) is 4.83. The number of para-hydroxylation sites is 2. The van der Waals surface area contributed by atoms with Crippen LogP contribution in [0.25, 0.3) is 0 Å². The zero-order valence-corrected chi connectivity index (χ0v) is 16.7. The maximum Gasteiger partial charge on any atom is 0.255 e. The van der Waals surface area contributed by atoms with Crippen LogP contribution in [0.5, 0.6) is 5.75 Å². The number of piperazine rings is 1. The first-order chi connectivity index (χ1) is 14.2. The number of methoxy groups -OCH3 is 1. The number of carbonyl (C=O) groups is 2. The largest absolute Gasteiger partial charge is 0.490 e. The molecule has 0 unspecified atom stereocenters. The highest BCUT2D eigenvalue weighted by atomic mass is 16.5. The molecule has 0 saturated carbocycles. The van der Waals surface area contributed by atoms with Crippen LogP contribution in [0.3, 0.4) is 0 Å². The molecule has 0 aromatic heterocycles. The molecule has 0 bridgehead atoms. The summed E-state index contributed by atoms with van der Waals surface area (Å²) < 4.78 is 10.6. The molecule has 154 valence electrons. The summed E-state index contributed by atoms with van der Waals surface area (Å²) in [5.41, 5.74) is 1.57. The van der Waals surface area contributed by atoms with Gasteiger partial charge in [0.2, 0.25) is 5.91 Å². The van der Waals surface area contributed by atoms with Gasteiger partial charge in [0.1, 0.15) is 12.4 Å². The smallest absolute Gasteiger partial charge is 0.255 e. The van der Waals surface area contributed by atoms with Crippen molar-refractivity contribution in [3.05, 3.63) is 60.2 Å². The normalized spacial score (nSPS) is 13.8. The first-order valence-electron chi connectivity index (χ1n) is 9.76. The lowest BCUT2D eigenvalue weighted by molar-refractivity contribution is -0.130. The average Bonchev–Trinajstić information content (AvgIpc) is 2.78. The molecule has 7 heteroatoms. The van der Waals surface area contributed by atoms with Crippen molar-refractivity contribution < 1.29 is 19.1 Å². The molecule has 0 atom stereocenters. The Labute approximate surface area is 171 Å². The van der Waals surface area contributed by atoms with Crippen molar-refractivity contribution in [2.24, 2.45) is 0 Å². The summed E-state index contributed by atoms with van der Waals surface area (Å²) in [6, 6.07) is 17.1. The molecule has 7 nitrogen and oxygen atoms in total. The van der Waals surface area contributed by atoms with E-state index in [-0.39, 0.29) is 18.4 Å². The fourth-order valence-electron chi connectivity index (χ4n) is 3.23. The molecule has 1 fully saturated rings. The van der Waals surface area contributed by atoms with E-state index in [1.165, 1.54) is 0 Å². The average molecular weight is 397 g/mol. The van der Waals surface area contributed by atoms with Crippen LogP contribution in [0.4, 0.5) is 5.69 Å². The minimum Gasteiger partial charge on any atom is -0.490 e. The van der Waals surface area contributed by atoms with Crippen LogP contribution in [0.15, 0.2) is 54.6 Å². The van der Waals surface area contributed by atoms with Gasteiger partial charge in [0.15, 0.2) is 0 Å². The van der Waals surface area contributed by atoms with Crippen LogP contribution in [0.2, 0.25) is 0 Å². The van der Waals surface area contributed by atoms with Crippen molar-refractivity contribution in [3.8, 4) is 5.75 Å². The number of nitrogens with zero attached hydrogens (tertiary/aromatic N) is 2. The van der Waals surface area contributed by atoms with Gasteiger partial charge in [-0.05, 0) is 24.3 Å². The Kier molecular flexibility index (Phi) is 7.47. The zero-order valence-electron chi connectivity index (χ0n) is 16.7. The lowest BCUT2D eigenvalue weighted by Gasteiger charge is -2.36. The van der Waals surface area contributed by atoms with Crippen molar-refractivity contribution in [1.82, 2.24) is 10.2 Å². The van der Waals surface area contributed by atoms with Gasteiger partial charge < -0.3 is 24.6 Å². The number of nitrogens with one attached hydrogen (secondary N) is 1. The van der Waals surface area contributed by atoms with E-state index in [9.17, 15) is 9.59 Å². The Hall–Kier alpha value is -3.06. The Balaban J connectivity index is 1.48. The van der Waals surface area contributed by atoms with Crippen molar-refractivity contribution in [1.29, 1.82) is 0 Å². The molecular weight excluding hydrogens is 370 g/mol. The first kappa shape index (κ1) is 20.7. The van der Waals surface area contributed by atoms with E-state index in [4.69, 9.17) is 9.47 Å². The van der Waals surface area contributed by atoms with E-state index in [0.717, 1.165) is 18.8 Å². The number of hydrogen-bond acceptors (Lipinski definition) is 5. The number of hydrogen-bond donors (Lipinski definition) is 1. The SMILES string of the molecule is COCCOc1ccccc1C(=O)NCC(=O)N1CCN(c2ccccc2)CC1. The zero-order chi connectivity index (χ0) is 20.5.